The van der Waals surface area contributed by atoms with Gasteiger partial charge in [0.25, 0.3) is 0 Å². The van der Waals surface area contributed by atoms with E-state index in [4.69, 9.17) is 17.1 Å². The molecule has 2 heterocycles. The van der Waals surface area contributed by atoms with E-state index in [1.165, 1.54) is 18.3 Å². The molecule has 0 radical (unpaired) electrons. The second-order valence-corrected chi connectivity index (χ2v) is 6.87. The van der Waals surface area contributed by atoms with Crippen LogP contribution in [0.3, 0.4) is 0 Å². The van der Waals surface area contributed by atoms with Crippen molar-refractivity contribution >= 4 is 34.1 Å². The highest BCUT2D eigenvalue weighted by Crippen LogP contribution is 2.29. The van der Waals surface area contributed by atoms with Gasteiger partial charge >= 0.3 is 11.4 Å². The number of aryl methyl sites for hydroxylation is 1. The second-order valence-electron chi connectivity index (χ2n) is 6.46. The predicted octanol–water partition coefficient (Wildman–Crippen LogP) is 2.69. The van der Waals surface area contributed by atoms with E-state index >= 15 is 0 Å². The number of aromatic nitrogens is 5. The first-order valence-corrected chi connectivity index (χ1v) is 8.87. The quantitative estimate of drug-likeness (QED) is 0.479. The summed E-state index contributed by atoms with van der Waals surface area (Å²) >= 11 is 6.26. The Balaban J connectivity index is 1.84. The summed E-state index contributed by atoms with van der Waals surface area (Å²) in [7, 11) is -0.799. The van der Waals surface area contributed by atoms with Crippen LogP contribution in [0.4, 0.5) is 24.8 Å². The summed E-state index contributed by atoms with van der Waals surface area (Å²) in [6.07, 6.45) is 1.24. The van der Waals surface area contributed by atoms with Crippen LogP contribution in [-0.4, -0.2) is 23.9 Å². The maximum absolute atomic E-state index is 14.3. The van der Waals surface area contributed by atoms with Gasteiger partial charge in [-0.2, -0.15) is 10.1 Å². The average Bonchev–Trinajstić information content (AvgIpc) is 3.18. The third-order valence-electron chi connectivity index (χ3n) is 4.41. The molecule has 0 fully saturated rings. The molecule has 4 rings (SSSR count). The van der Waals surface area contributed by atoms with E-state index in [0.29, 0.717) is 22.1 Å². The zero-order valence-corrected chi connectivity index (χ0v) is 16.1. The molecule has 0 saturated heterocycles. The van der Waals surface area contributed by atoms with Gasteiger partial charge in [-0.1, -0.05) is 11.6 Å². The predicted molar refractivity (Wildman–Crippen MR) is 108 cm³/mol. The van der Waals surface area contributed by atoms with Gasteiger partial charge < -0.3 is 5.32 Å². The molecule has 2 aromatic carbocycles. The van der Waals surface area contributed by atoms with Crippen molar-refractivity contribution in [2.24, 2.45) is 14.0 Å². The monoisotopic (exact) mass is 454 g/mol. The largest absolute Gasteiger partial charge is 0.354 e. The first-order chi connectivity index (χ1) is 16.4. The Morgan fingerprint density at radius 2 is 1.90 bits per heavy atom. The molecule has 1 N–H and O–H groups in total. The fraction of sp³-hybridized carbons (Fsp3) is 0.158. The van der Waals surface area contributed by atoms with Crippen LogP contribution in [0.5, 0.6) is 0 Å². The van der Waals surface area contributed by atoms with Crippen LogP contribution in [0.1, 0.15) is 11.0 Å². The van der Waals surface area contributed by atoms with Crippen molar-refractivity contribution in [1.82, 2.24) is 23.9 Å². The minimum absolute atomic E-state index is 0.0118. The Kier molecular flexibility index (Phi) is 3.95. The highest BCUT2D eigenvalue weighted by molar-refractivity contribution is 6.34. The van der Waals surface area contributed by atoms with E-state index in [9.17, 15) is 22.8 Å². The fourth-order valence-electron chi connectivity index (χ4n) is 2.89. The van der Waals surface area contributed by atoms with Gasteiger partial charge in [-0.15, -0.1) is 0 Å². The molecule has 160 valence electrons. The van der Waals surface area contributed by atoms with E-state index in [-0.39, 0.29) is 16.2 Å². The summed E-state index contributed by atoms with van der Waals surface area (Å²) in [6, 6.07) is 3.59. The van der Waals surface area contributed by atoms with Gasteiger partial charge in [0.1, 0.15) is 5.82 Å². The third kappa shape index (κ3) is 3.79. The van der Waals surface area contributed by atoms with Crippen LogP contribution >= 0.6 is 11.6 Å². The smallest absolute Gasteiger partial charge is 0.324 e. The lowest BCUT2D eigenvalue weighted by Gasteiger charge is -2.15. The van der Waals surface area contributed by atoms with Crippen molar-refractivity contribution in [3.05, 3.63) is 79.5 Å². The number of nitrogens with one attached hydrogen (secondary N) is 1. The molecule has 8 nitrogen and oxygen atoms in total. The highest BCUT2D eigenvalue weighted by atomic mass is 35.5. The highest BCUT2D eigenvalue weighted by Gasteiger charge is 2.17. The minimum atomic E-state index is -2.55. The number of hydrogen-bond acceptors (Lipinski definition) is 5. The number of anilines is 2. The summed E-state index contributed by atoms with van der Waals surface area (Å²) in [5.41, 5.74) is -2.26. The lowest BCUT2D eigenvalue weighted by Crippen LogP contribution is -2.41. The molecule has 0 bridgehead atoms. The Hall–Kier alpha value is -3.60. The number of halogens is 4. The molecule has 31 heavy (non-hydrogen) atoms. The number of nitrogens with zero attached hydrogens (tertiary/aromatic N) is 5. The molecule has 0 aliphatic heterocycles. The van der Waals surface area contributed by atoms with Gasteiger partial charge in [-0.3, -0.25) is 9.25 Å². The van der Waals surface area contributed by atoms with Crippen molar-refractivity contribution in [3.63, 3.8) is 0 Å². The van der Waals surface area contributed by atoms with Crippen molar-refractivity contribution < 1.29 is 18.7 Å². The maximum atomic E-state index is 14.3. The van der Waals surface area contributed by atoms with Crippen LogP contribution in [0, 0.1) is 17.5 Å². The van der Waals surface area contributed by atoms with Gasteiger partial charge in [0, 0.05) is 42.7 Å². The van der Waals surface area contributed by atoms with Crippen LogP contribution < -0.4 is 16.7 Å². The summed E-state index contributed by atoms with van der Waals surface area (Å²) < 4.78 is 73.0. The van der Waals surface area contributed by atoms with Gasteiger partial charge in [0.05, 0.1) is 22.8 Å². The topological polar surface area (TPSA) is 86.7 Å². The van der Waals surface area contributed by atoms with E-state index in [2.05, 4.69) is 15.4 Å². The summed E-state index contributed by atoms with van der Waals surface area (Å²) in [4.78, 5) is 28.8. The zero-order valence-electron chi connectivity index (χ0n) is 19.4. The molecule has 0 amide bonds. The van der Waals surface area contributed by atoms with Crippen molar-refractivity contribution in [1.29, 1.82) is 0 Å². The maximum Gasteiger partial charge on any atom is 0.354 e. The number of rotatable bonds is 4. The second kappa shape index (κ2) is 7.58. The first-order valence-electron chi connectivity index (χ1n) is 10.7. The van der Waals surface area contributed by atoms with E-state index in [1.807, 2.05) is 0 Å². The lowest BCUT2D eigenvalue weighted by molar-refractivity contribution is 0.486. The van der Waals surface area contributed by atoms with E-state index < -0.39 is 60.9 Å². The van der Waals surface area contributed by atoms with Crippen molar-refractivity contribution in [2.45, 2.75) is 6.54 Å². The van der Waals surface area contributed by atoms with Gasteiger partial charge in [-0.05, 0) is 18.2 Å². The van der Waals surface area contributed by atoms with E-state index in [0.717, 1.165) is 9.25 Å². The summed E-state index contributed by atoms with van der Waals surface area (Å²) in [5.74, 6) is -4.37. The van der Waals surface area contributed by atoms with Gasteiger partial charge in [0.15, 0.2) is 11.6 Å². The molecular weight excluding hydrogens is 437 g/mol. The molecule has 0 saturated carbocycles. The van der Waals surface area contributed by atoms with Crippen molar-refractivity contribution in [2.75, 3.05) is 5.32 Å². The van der Waals surface area contributed by atoms with Crippen LogP contribution in [0.2, 0.25) is 5.02 Å². The van der Waals surface area contributed by atoms with Crippen molar-refractivity contribution in [3.8, 4) is 0 Å². The van der Waals surface area contributed by atoms with Crippen LogP contribution in [0.25, 0.3) is 10.9 Å². The number of benzene rings is 2. The Morgan fingerprint density at radius 1 is 1.13 bits per heavy atom. The Morgan fingerprint density at radius 3 is 2.65 bits per heavy atom. The fourth-order valence-corrected chi connectivity index (χ4v) is 3.09. The molecule has 0 aliphatic rings. The SMILES string of the molecule is [2H]Cn1c(=O)nc(Nc2cc3cn(C([2H])([2H])[2H])nc3cc2Cl)n(Cc2cc(F)c(F)cc2F)c1=O. The Bertz CT molecular complexity index is 1580. The molecule has 0 unspecified atom stereocenters. The van der Waals surface area contributed by atoms with Gasteiger partial charge in [-0.25, -0.2) is 27.3 Å². The third-order valence-corrected chi connectivity index (χ3v) is 4.72. The molecule has 12 heteroatoms. The molecule has 0 spiro atoms. The van der Waals surface area contributed by atoms with Gasteiger partial charge in [0.2, 0.25) is 5.95 Å². The first kappa shape index (κ1) is 16.1. The molecule has 2 aromatic heterocycles. The molecule has 0 atom stereocenters. The molecule has 4 aromatic rings. The number of hydrogen-bond donors (Lipinski definition) is 1. The number of fused-ring (bicyclic) bond motifs is 1. The normalized spacial score (nSPS) is 13.5. The average molecular weight is 455 g/mol. The van der Waals surface area contributed by atoms with Crippen LogP contribution in [0.15, 0.2) is 40.1 Å². The minimum Gasteiger partial charge on any atom is -0.324 e. The summed E-state index contributed by atoms with van der Waals surface area (Å²) in [6.45, 7) is -3.22. The molecule has 0 aliphatic carbocycles. The lowest BCUT2D eigenvalue weighted by atomic mass is 10.2. The zero-order chi connectivity index (χ0) is 25.7. The summed E-state index contributed by atoms with van der Waals surface area (Å²) in [5, 5.41) is 6.94. The molecular formula is C19H14ClF3N6O2. The Labute approximate surface area is 182 Å². The van der Waals surface area contributed by atoms with E-state index in [1.54, 1.807) is 0 Å². The van der Waals surface area contributed by atoms with Crippen LogP contribution in [-0.2, 0) is 20.5 Å². The standard InChI is InChI=1S/C19H14ClF3N6O2/c1-27-7-10-4-16(11(20)5-15(10)26-27)24-17-25-18(30)28(2)19(31)29(17)8-9-3-13(22)14(23)6-12(9)21/h3-7H,8H2,1-2H3,(H,24,25,30)/i1D3,2D.